The van der Waals surface area contributed by atoms with Gasteiger partial charge in [-0.1, -0.05) is 92.7 Å². The fourth-order valence-electron chi connectivity index (χ4n) is 5.69. The maximum absolute atomic E-state index is 13.6. The van der Waals surface area contributed by atoms with Crippen LogP contribution in [0.4, 0.5) is 4.79 Å². The van der Waals surface area contributed by atoms with Gasteiger partial charge in [0, 0.05) is 25.1 Å². The van der Waals surface area contributed by atoms with Gasteiger partial charge < -0.3 is 24.7 Å². The molecule has 9 nitrogen and oxygen atoms in total. The Morgan fingerprint density at radius 2 is 1.49 bits per heavy atom. The smallest absolute Gasteiger partial charge is 0.407 e. The maximum Gasteiger partial charge on any atom is 0.407 e. The molecule has 0 unspecified atom stereocenters. The fraction of sp³-hybridized carbons (Fsp3) is 0.314. The van der Waals surface area contributed by atoms with Crippen LogP contribution in [0.25, 0.3) is 11.1 Å². The van der Waals surface area contributed by atoms with E-state index in [2.05, 4.69) is 27.8 Å². The number of methoxy groups -OCH3 is 1. The van der Waals surface area contributed by atoms with Crippen molar-refractivity contribution in [3.63, 3.8) is 0 Å². The van der Waals surface area contributed by atoms with Gasteiger partial charge in [0.05, 0.1) is 19.1 Å². The van der Waals surface area contributed by atoms with Gasteiger partial charge in [0.1, 0.15) is 18.7 Å². The third-order valence-corrected chi connectivity index (χ3v) is 7.77. The lowest BCUT2D eigenvalue weighted by molar-refractivity contribution is -0.145. The number of alkyl carbamates (subject to hydrolysis) is 1. The molecule has 1 aliphatic carbocycles. The van der Waals surface area contributed by atoms with Crippen molar-refractivity contribution in [1.82, 2.24) is 20.2 Å². The normalized spacial score (nSPS) is 13.2. The molecule has 1 heterocycles. The summed E-state index contributed by atoms with van der Waals surface area (Å²) in [6.45, 7) is 4.63. The lowest BCUT2D eigenvalue weighted by Crippen LogP contribution is -2.53. The number of hydrogen-bond acceptors (Lipinski definition) is 6. The van der Waals surface area contributed by atoms with Crippen molar-refractivity contribution < 1.29 is 23.9 Å². The summed E-state index contributed by atoms with van der Waals surface area (Å²) < 4.78 is 12.6. The summed E-state index contributed by atoms with van der Waals surface area (Å²) >= 11 is 0. The van der Waals surface area contributed by atoms with Crippen molar-refractivity contribution in [2.24, 2.45) is 5.92 Å². The summed E-state index contributed by atoms with van der Waals surface area (Å²) in [5, 5.41) is 5.51. The number of fused-ring (bicyclic) bond motifs is 3. The molecule has 1 aliphatic rings. The van der Waals surface area contributed by atoms with Gasteiger partial charge in [-0.15, -0.1) is 12.4 Å². The highest BCUT2D eigenvalue weighted by atomic mass is 35.5. The Kier molecular flexibility index (Phi) is 11.4. The third-order valence-electron chi connectivity index (χ3n) is 7.77. The van der Waals surface area contributed by atoms with Crippen molar-refractivity contribution in [2.45, 2.75) is 51.2 Å². The highest BCUT2D eigenvalue weighted by Crippen LogP contribution is 2.44. The first-order valence-electron chi connectivity index (χ1n) is 14.9. The second-order valence-corrected chi connectivity index (χ2v) is 11.5. The maximum atomic E-state index is 13.6. The molecule has 0 aliphatic heterocycles. The summed E-state index contributed by atoms with van der Waals surface area (Å²) in [5.74, 6) is -1.06. The molecule has 2 amide bonds. The average molecular weight is 631 g/mol. The molecule has 10 heteroatoms. The van der Waals surface area contributed by atoms with Crippen LogP contribution in [0.2, 0.25) is 0 Å². The predicted molar refractivity (Wildman–Crippen MR) is 174 cm³/mol. The number of imidazole rings is 1. The van der Waals surface area contributed by atoms with Crippen LogP contribution in [-0.2, 0) is 32.0 Å². The van der Waals surface area contributed by atoms with Crippen molar-refractivity contribution in [1.29, 1.82) is 0 Å². The highest BCUT2D eigenvalue weighted by Gasteiger charge is 2.31. The second kappa shape index (κ2) is 15.4. The molecule has 0 saturated carbocycles. The van der Waals surface area contributed by atoms with Gasteiger partial charge in [0.15, 0.2) is 0 Å². The van der Waals surface area contributed by atoms with E-state index < -0.39 is 30.1 Å². The molecule has 5 rings (SSSR count). The number of benzene rings is 3. The number of nitrogens with zero attached hydrogens (tertiary/aromatic N) is 2. The van der Waals surface area contributed by atoms with E-state index in [-0.39, 0.29) is 37.3 Å². The number of ether oxygens (including phenoxy) is 2. The molecule has 0 radical (unpaired) electrons. The summed E-state index contributed by atoms with van der Waals surface area (Å²) in [6.07, 6.45) is 3.31. The first-order chi connectivity index (χ1) is 21.3. The Bertz CT molecular complexity index is 1560. The lowest BCUT2D eigenvalue weighted by Gasteiger charge is -2.23. The zero-order valence-electron chi connectivity index (χ0n) is 25.6. The molecular weight excluding hydrogens is 592 g/mol. The Morgan fingerprint density at radius 1 is 0.867 bits per heavy atom. The quantitative estimate of drug-likeness (QED) is 0.200. The monoisotopic (exact) mass is 630 g/mol. The predicted octanol–water partition coefficient (Wildman–Crippen LogP) is 5.51. The van der Waals surface area contributed by atoms with E-state index in [0.29, 0.717) is 18.7 Å². The zero-order valence-corrected chi connectivity index (χ0v) is 26.5. The van der Waals surface area contributed by atoms with E-state index in [1.165, 1.54) is 7.11 Å². The molecule has 1 aromatic heterocycles. The van der Waals surface area contributed by atoms with Crippen LogP contribution in [0.5, 0.6) is 0 Å². The van der Waals surface area contributed by atoms with Crippen molar-refractivity contribution in [3.8, 4) is 11.1 Å². The third kappa shape index (κ3) is 8.30. The number of amides is 2. The first kappa shape index (κ1) is 33.3. The average Bonchev–Trinajstić information content (AvgIpc) is 3.60. The largest absolute Gasteiger partial charge is 0.467 e. The molecule has 2 N–H and O–H groups in total. The van der Waals surface area contributed by atoms with Gasteiger partial charge in [-0.2, -0.15) is 0 Å². The van der Waals surface area contributed by atoms with E-state index >= 15 is 0 Å². The number of esters is 1. The summed E-state index contributed by atoms with van der Waals surface area (Å²) in [5.41, 5.74) is 6.15. The number of halogens is 1. The minimum absolute atomic E-state index is 0. The van der Waals surface area contributed by atoms with Gasteiger partial charge >= 0.3 is 12.1 Å². The van der Waals surface area contributed by atoms with Crippen molar-refractivity contribution in [3.05, 3.63) is 114 Å². The van der Waals surface area contributed by atoms with E-state index in [1.807, 2.05) is 91.3 Å². The van der Waals surface area contributed by atoms with Gasteiger partial charge in [0.2, 0.25) is 5.91 Å². The van der Waals surface area contributed by atoms with Crippen molar-refractivity contribution in [2.75, 3.05) is 13.7 Å². The molecule has 45 heavy (non-hydrogen) atoms. The fourth-order valence-corrected chi connectivity index (χ4v) is 5.69. The summed E-state index contributed by atoms with van der Waals surface area (Å²) in [6, 6.07) is 24.2. The lowest BCUT2D eigenvalue weighted by atomic mass is 9.98. The minimum Gasteiger partial charge on any atom is -0.467 e. The molecule has 3 aromatic carbocycles. The van der Waals surface area contributed by atoms with Crippen molar-refractivity contribution >= 4 is 30.4 Å². The molecule has 2 atom stereocenters. The van der Waals surface area contributed by atoms with Gasteiger partial charge in [-0.25, -0.2) is 14.6 Å². The molecular formula is C35H39ClN4O5. The molecule has 0 saturated heterocycles. The Morgan fingerprint density at radius 3 is 2.11 bits per heavy atom. The van der Waals surface area contributed by atoms with Gasteiger partial charge in [0.25, 0.3) is 0 Å². The van der Waals surface area contributed by atoms with Crippen LogP contribution >= 0.6 is 12.4 Å². The van der Waals surface area contributed by atoms with E-state index in [4.69, 9.17) is 9.47 Å². The molecule has 0 fully saturated rings. The van der Waals surface area contributed by atoms with Crippen LogP contribution in [0.3, 0.4) is 0 Å². The molecule has 0 spiro atoms. The number of carbonyl (C=O) groups is 3. The van der Waals surface area contributed by atoms with Gasteiger partial charge in [-0.05, 0) is 40.2 Å². The standard InChI is InChI=1S/C35H38N4O5.ClH/c1-23(2)17-32(34(41)43-3)37-33(40)31(18-25-20-39(22-36-25)19-24-11-5-4-6-12-24)38-35(42)44-21-30-28-15-9-7-13-26(28)27-14-8-10-16-29(27)30;/h4-16,20,22-23,30-32H,17-19,21H2,1-3H3,(H,37,40)(H,38,42);1H/t31-,32+;/m1./s1. The zero-order chi connectivity index (χ0) is 31.1. The molecule has 4 aromatic rings. The molecule has 236 valence electrons. The molecule has 0 bridgehead atoms. The van der Waals surface area contributed by atoms with E-state index in [0.717, 1.165) is 27.8 Å². The highest BCUT2D eigenvalue weighted by molar-refractivity contribution is 5.90. The SMILES string of the molecule is COC(=O)[C@H](CC(C)C)NC(=O)[C@@H](Cc1cn(Cc2ccccc2)cn1)NC(=O)OCC1c2ccccc2-c2ccccc21.Cl. The number of carbonyl (C=O) groups excluding carboxylic acids is 3. The summed E-state index contributed by atoms with van der Waals surface area (Å²) in [7, 11) is 1.29. The summed E-state index contributed by atoms with van der Waals surface area (Å²) in [4.78, 5) is 43.7. The number of nitrogens with one attached hydrogen (secondary N) is 2. The van der Waals surface area contributed by atoms with E-state index in [9.17, 15) is 14.4 Å². The minimum atomic E-state index is -1.04. The number of aromatic nitrogens is 2. The number of hydrogen-bond donors (Lipinski definition) is 2. The Hall–Kier alpha value is -4.63. The number of rotatable bonds is 12. The van der Waals surface area contributed by atoms with Gasteiger partial charge in [-0.3, -0.25) is 4.79 Å². The van der Waals surface area contributed by atoms with E-state index in [1.54, 1.807) is 6.33 Å². The van der Waals surface area contributed by atoms with Crippen LogP contribution in [0.15, 0.2) is 91.4 Å². The first-order valence-corrected chi connectivity index (χ1v) is 14.9. The second-order valence-electron chi connectivity index (χ2n) is 11.5. The Balaban J connectivity index is 0.00000461. The van der Waals surface area contributed by atoms with Crippen LogP contribution in [0.1, 0.15) is 48.6 Å². The topological polar surface area (TPSA) is 112 Å². The Labute approximate surface area is 269 Å². The van der Waals surface area contributed by atoms with Crippen LogP contribution in [0, 0.1) is 5.92 Å². The van der Waals surface area contributed by atoms with Crippen LogP contribution in [-0.4, -0.2) is 53.3 Å². The van der Waals surface area contributed by atoms with Crippen LogP contribution < -0.4 is 10.6 Å².